The molecule has 0 aliphatic heterocycles. The Morgan fingerprint density at radius 2 is 2.15 bits per heavy atom. The van der Waals surface area contributed by atoms with Crippen LogP contribution in [0.4, 0.5) is 5.69 Å². The number of aromatic amines is 1. The first kappa shape index (κ1) is 12.4. The molecule has 0 saturated heterocycles. The minimum Gasteiger partial charge on any atom is -0.496 e. The maximum atomic E-state index is 5.31. The molecule has 6 heteroatoms. The predicted molar refractivity (Wildman–Crippen MR) is 76.7 cm³/mol. The van der Waals surface area contributed by atoms with Gasteiger partial charge in [0.25, 0.3) is 0 Å². The Morgan fingerprint density at radius 3 is 3.00 bits per heavy atom. The molecule has 0 bridgehead atoms. The Kier molecular flexibility index (Phi) is 3.20. The lowest BCUT2D eigenvalue weighted by Gasteiger charge is -2.10. The molecule has 2 N–H and O–H groups in total. The second-order valence-corrected chi connectivity index (χ2v) is 4.45. The Bertz CT molecular complexity index is 737. The number of aryl methyl sites for hydroxylation is 1. The molecule has 0 radical (unpaired) electrons. The van der Waals surface area contributed by atoms with Crippen LogP contribution in [-0.4, -0.2) is 27.3 Å². The highest BCUT2D eigenvalue weighted by atomic mass is 16.5. The maximum Gasteiger partial charge on any atom is 0.134 e. The molecule has 6 nitrogen and oxygen atoms in total. The molecule has 20 heavy (non-hydrogen) atoms. The Hall–Kier alpha value is -2.63. The number of ether oxygens (including phenoxy) is 1. The lowest BCUT2D eigenvalue weighted by molar-refractivity contribution is 0.409. The van der Waals surface area contributed by atoms with E-state index in [9.17, 15) is 0 Å². The number of hydrogen-bond donors (Lipinski definition) is 2. The number of fused-ring (bicyclic) bond motifs is 1. The molecule has 3 aromatic heterocycles. The van der Waals surface area contributed by atoms with Crippen LogP contribution in [0.15, 0.2) is 30.7 Å². The van der Waals surface area contributed by atoms with E-state index in [0.717, 1.165) is 33.7 Å². The molecule has 3 heterocycles. The van der Waals surface area contributed by atoms with Crippen LogP contribution in [0.25, 0.3) is 11.0 Å². The highest BCUT2D eigenvalue weighted by Crippen LogP contribution is 2.23. The molecule has 0 aliphatic carbocycles. The normalized spacial score (nSPS) is 10.7. The molecule has 0 atom stereocenters. The van der Waals surface area contributed by atoms with Crippen LogP contribution in [0, 0.1) is 6.92 Å². The Labute approximate surface area is 116 Å². The third-order valence-corrected chi connectivity index (χ3v) is 3.16. The number of nitrogens with zero attached hydrogens (tertiary/aromatic N) is 3. The summed E-state index contributed by atoms with van der Waals surface area (Å²) in [6, 6.07) is 3.75. The lowest BCUT2D eigenvalue weighted by Crippen LogP contribution is -2.03. The molecule has 0 amide bonds. The number of hydrogen-bond acceptors (Lipinski definition) is 5. The van der Waals surface area contributed by atoms with Gasteiger partial charge in [-0.05, 0) is 19.1 Å². The van der Waals surface area contributed by atoms with E-state index in [-0.39, 0.29) is 0 Å². The van der Waals surface area contributed by atoms with Crippen molar-refractivity contribution in [2.45, 2.75) is 13.5 Å². The second-order valence-electron chi connectivity index (χ2n) is 4.45. The topological polar surface area (TPSA) is 75.7 Å². The Morgan fingerprint density at radius 1 is 1.25 bits per heavy atom. The van der Waals surface area contributed by atoms with Crippen molar-refractivity contribution in [3.05, 3.63) is 42.0 Å². The molecule has 0 saturated carbocycles. The van der Waals surface area contributed by atoms with Gasteiger partial charge in [-0.2, -0.15) is 5.10 Å². The van der Waals surface area contributed by atoms with Crippen molar-refractivity contribution < 1.29 is 4.74 Å². The maximum absolute atomic E-state index is 5.31. The van der Waals surface area contributed by atoms with Crippen molar-refractivity contribution in [2.24, 2.45) is 0 Å². The van der Waals surface area contributed by atoms with E-state index in [4.69, 9.17) is 4.74 Å². The number of aromatic nitrogens is 4. The standard InChI is InChI=1S/C14H15N5O/c1-9-13-14(19-18-9)11(3-6-16-13)17-8-10-7-15-5-4-12(10)20-2/h3-7H,8H2,1-2H3,(H,16,17)(H,18,19). The summed E-state index contributed by atoms with van der Waals surface area (Å²) in [6.45, 7) is 2.57. The molecule has 0 aliphatic rings. The third-order valence-electron chi connectivity index (χ3n) is 3.16. The van der Waals surface area contributed by atoms with Gasteiger partial charge in [0.2, 0.25) is 0 Å². The highest BCUT2D eigenvalue weighted by molar-refractivity contribution is 5.88. The van der Waals surface area contributed by atoms with Crippen LogP contribution in [0.1, 0.15) is 11.3 Å². The quantitative estimate of drug-likeness (QED) is 0.760. The van der Waals surface area contributed by atoms with Crippen molar-refractivity contribution in [3.63, 3.8) is 0 Å². The number of H-pyrrole nitrogens is 1. The van der Waals surface area contributed by atoms with Crippen LogP contribution in [0.2, 0.25) is 0 Å². The second kappa shape index (κ2) is 5.16. The van der Waals surface area contributed by atoms with E-state index in [1.54, 1.807) is 25.7 Å². The van der Waals surface area contributed by atoms with Gasteiger partial charge in [0.05, 0.1) is 18.5 Å². The number of methoxy groups -OCH3 is 1. The minimum absolute atomic E-state index is 0.613. The summed E-state index contributed by atoms with van der Waals surface area (Å²) in [4.78, 5) is 8.44. The number of anilines is 1. The van der Waals surface area contributed by atoms with Crippen LogP contribution in [-0.2, 0) is 6.54 Å². The van der Waals surface area contributed by atoms with Gasteiger partial charge in [0, 0.05) is 30.7 Å². The fourth-order valence-corrected chi connectivity index (χ4v) is 2.11. The predicted octanol–water partition coefficient (Wildman–Crippen LogP) is 2.28. The first-order valence-corrected chi connectivity index (χ1v) is 6.30. The van der Waals surface area contributed by atoms with Crippen LogP contribution >= 0.6 is 0 Å². The Balaban J connectivity index is 1.87. The van der Waals surface area contributed by atoms with E-state index in [1.807, 2.05) is 19.1 Å². The highest BCUT2D eigenvalue weighted by Gasteiger charge is 2.08. The zero-order chi connectivity index (χ0) is 13.9. The van der Waals surface area contributed by atoms with Gasteiger partial charge in [-0.3, -0.25) is 15.1 Å². The monoisotopic (exact) mass is 269 g/mol. The van der Waals surface area contributed by atoms with Gasteiger partial charge >= 0.3 is 0 Å². The number of pyridine rings is 2. The molecular formula is C14H15N5O. The van der Waals surface area contributed by atoms with Crippen molar-refractivity contribution in [3.8, 4) is 5.75 Å². The zero-order valence-electron chi connectivity index (χ0n) is 11.3. The lowest BCUT2D eigenvalue weighted by atomic mass is 10.2. The smallest absolute Gasteiger partial charge is 0.134 e. The fraction of sp³-hybridized carbons (Fsp3) is 0.214. The van der Waals surface area contributed by atoms with Gasteiger partial charge in [-0.1, -0.05) is 0 Å². The first-order chi connectivity index (χ1) is 9.79. The average Bonchev–Trinajstić information content (AvgIpc) is 2.88. The third kappa shape index (κ3) is 2.16. The summed E-state index contributed by atoms with van der Waals surface area (Å²) < 4.78 is 5.31. The average molecular weight is 269 g/mol. The van der Waals surface area contributed by atoms with Gasteiger partial charge < -0.3 is 10.1 Å². The molecule has 0 spiro atoms. The van der Waals surface area contributed by atoms with Crippen molar-refractivity contribution in [2.75, 3.05) is 12.4 Å². The summed E-state index contributed by atoms with van der Waals surface area (Å²) >= 11 is 0. The molecule has 0 fully saturated rings. The molecule has 102 valence electrons. The first-order valence-electron chi connectivity index (χ1n) is 6.30. The van der Waals surface area contributed by atoms with E-state index in [2.05, 4.69) is 25.5 Å². The van der Waals surface area contributed by atoms with Gasteiger partial charge in [0.15, 0.2) is 0 Å². The van der Waals surface area contributed by atoms with E-state index >= 15 is 0 Å². The molecule has 0 aromatic carbocycles. The summed E-state index contributed by atoms with van der Waals surface area (Å²) in [6.07, 6.45) is 5.28. The van der Waals surface area contributed by atoms with Gasteiger partial charge in [-0.15, -0.1) is 0 Å². The van der Waals surface area contributed by atoms with E-state index in [1.165, 1.54) is 0 Å². The molecular weight excluding hydrogens is 254 g/mol. The summed E-state index contributed by atoms with van der Waals surface area (Å²) in [5.74, 6) is 0.816. The minimum atomic E-state index is 0.613. The molecule has 0 unspecified atom stereocenters. The van der Waals surface area contributed by atoms with Gasteiger partial charge in [-0.25, -0.2) is 0 Å². The summed E-state index contributed by atoms with van der Waals surface area (Å²) in [5.41, 5.74) is 4.61. The van der Waals surface area contributed by atoms with Crippen molar-refractivity contribution >= 4 is 16.7 Å². The largest absolute Gasteiger partial charge is 0.496 e. The van der Waals surface area contributed by atoms with Crippen LogP contribution in [0.5, 0.6) is 5.75 Å². The van der Waals surface area contributed by atoms with Crippen molar-refractivity contribution in [1.82, 2.24) is 20.2 Å². The van der Waals surface area contributed by atoms with Crippen LogP contribution < -0.4 is 10.1 Å². The summed E-state index contributed by atoms with van der Waals surface area (Å²) in [7, 11) is 1.65. The number of nitrogens with one attached hydrogen (secondary N) is 2. The molecule has 3 aromatic rings. The molecule has 3 rings (SSSR count). The van der Waals surface area contributed by atoms with Crippen LogP contribution in [0.3, 0.4) is 0 Å². The summed E-state index contributed by atoms with van der Waals surface area (Å²) in [5, 5.41) is 10.6. The van der Waals surface area contributed by atoms with E-state index < -0.39 is 0 Å². The SMILES string of the molecule is COc1ccncc1CNc1ccnc2c(C)[nH]nc12. The van der Waals surface area contributed by atoms with Crippen molar-refractivity contribution in [1.29, 1.82) is 0 Å². The number of rotatable bonds is 4. The fourth-order valence-electron chi connectivity index (χ4n) is 2.11. The van der Waals surface area contributed by atoms with Gasteiger partial charge in [0.1, 0.15) is 16.8 Å². The van der Waals surface area contributed by atoms with E-state index in [0.29, 0.717) is 6.54 Å². The zero-order valence-corrected chi connectivity index (χ0v) is 11.3.